The smallest absolute Gasteiger partial charge is 0.315 e. The second-order valence-electron chi connectivity index (χ2n) is 4.40. The molecule has 1 rings (SSSR count). The predicted octanol–water partition coefficient (Wildman–Crippen LogP) is 2.06. The summed E-state index contributed by atoms with van der Waals surface area (Å²) >= 11 is 0. The first kappa shape index (κ1) is 14.2. The van der Waals surface area contributed by atoms with Crippen molar-refractivity contribution in [3.05, 3.63) is 35.4 Å². The van der Waals surface area contributed by atoms with Gasteiger partial charge in [-0.3, -0.25) is 9.59 Å². The summed E-state index contributed by atoms with van der Waals surface area (Å²) in [7, 11) is 0. The summed E-state index contributed by atoms with van der Waals surface area (Å²) in [6.45, 7) is 6.21. The van der Waals surface area contributed by atoms with Crippen LogP contribution in [0.25, 0.3) is 0 Å². The minimum Gasteiger partial charge on any atom is -0.481 e. The van der Waals surface area contributed by atoms with Gasteiger partial charge in [-0.2, -0.15) is 0 Å². The highest BCUT2D eigenvalue weighted by Crippen LogP contribution is 2.10. The molecule has 0 saturated heterocycles. The van der Waals surface area contributed by atoms with Crippen LogP contribution < -0.4 is 0 Å². The van der Waals surface area contributed by atoms with Crippen LogP contribution in [0.15, 0.2) is 24.3 Å². The van der Waals surface area contributed by atoms with Gasteiger partial charge in [0.05, 0.1) is 0 Å². The van der Waals surface area contributed by atoms with E-state index in [-0.39, 0.29) is 5.91 Å². The number of carboxylic acids is 1. The molecule has 1 aromatic rings. The molecule has 0 saturated carbocycles. The molecule has 98 valence electrons. The van der Waals surface area contributed by atoms with Crippen molar-refractivity contribution in [2.24, 2.45) is 5.92 Å². The molecule has 1 amide bonds. The maximum atomic E-state index is 12.0. The lowest BCUT2D eigenvalue weighted by molar-refractivity contribution is -0.150. The molecule has 0 aliphatic heterocycles. The number of carboxylic acid groups (broad SMARTS) is 1. The summed E-state index contributed by atoms with van der Waals surface area (Å²) in [6.07, 6.45) is 0. The number of carbonyl (C=O) groups is 2. The van der Waals surface area contributed by atoms with Crippen molar-refractivity contribution in [1.82, 2.24) is 4.90 Å². The zero-order chi connectivity index (χ0) is 13.7. The molecule has 18 heavy (non-hydrogen) atoms. The van der Waals surface area contributed by atoms with Crippen LogP contribution in [-0.2, 0) is 16.1 Å². The van der Waals surface area contributed by atoms with E-state index in [0.717, 1.165) is 11.1 Å². The topological polar surface area (TPSA) is 57.6 Å². The molecule has 0 bridgehead atoms. The van der Waals surface area contributed by atoms with Crippen LogP contribution in [0.3, 0.4) is 0 Å². The average Bonchev–Trinajstić information content (AvgIpc) is 2.34. The van der Waals surface area contributed by atoms with Crippen molar-refractivity contribution in [1.29, 1.82) is 0 Å². The quantitative estimate of drug-likeness (QED) is 0.813. The molecule has 1 aromatic carbocycles. The van der Waals surface area contributed by atoms with Crippen LogP contribution in [0.4, 0.5) is 0 Å². The standard InChI is InChI=1S/C14H19NO3/c1-4-15(13(16)11(3)14(17)18)9-12-7-5-6-10(2)8-12/h5-8,11H,4,9H2,1-3H3,(H,17,18). The lowest BCUT2D eigenvalue weighted by atomic mass is 10.1. The van der Waals surface area contributed by atoms with E-state index < -0.39 is 11.9 Å². The lowest BCUT2D eigenvalue weighted by Gasteiger charge is -2.23. The van der Waals surface area contributed by atoms with Gasteiger partial charge in [0.2, 0.25) is 5.91 Å². The van der Waals surface area contributed by atoms with Crippen molar-refractivity contribution < 1.29 is 14.7 Å². The number of nitrogens with zero attached hydrogens (tertiary/aromatic N) is 1. The summed E-state index contributed by atoms with van der Waals surface area (Å²) in [4.78, 5) is 24.3. The van der Waals surface area contributed by atoms with Gasteiger partial charge in [0.25, 0.3) is 0 Å². The van der Waals surface area contributed by atoms with Crippen molar-refractivity contribution >= 4 is 11.9 Å². The molecule has 1 unspecified atom stereocenters. The monoisotopic (exact) mass is 249 g/mol. The van der Waals surface area contributed by atoms with Crippen LogP contribution in [0.2, 0.25) is 0 Å². The minimum atomic E-state index is -1.08. The fourth-order valence-corrected chi connectivity index (χ4v) is 1.76. The maximum absolute atomic E-state index is 12.0. The lowest BCUT2D eigenvalue weighted by Crippen LogP contribution is -2.37. The van der Waals surface area contributed by atoms with Crippen molar-refractivity contribution in [3.63, 3.8) is 0 Å². The van der Waals surface area contributed by atoms with E-state index in [2.05, 4.69) is 0 Å². The molecule has 0 aliphatic rings. The van der Waals surface area contributed by atoms with Crippen LogP contribution in [0, 0.1) is 12.8 Å². The molecule has 4 heteroatoms. The molecule has 1 N–H and O–H groups in total. The first-order valence-electron chi connectivity index (χ1n) is 6.02. The van der Waals surface area contributed by atoms with E-state index in [1.807, 2.05) is 38.1 Å². The molecule has 0 fully saturated rings. The summed E-state index contributed by atoms with van der Waals surface area (Å²) in [5.41, 5.74) is 2.14. The van der Waals surface area contributed by atoms with Crippen molar-refractivity contribution in [2.45, 2.75) is 27.3 Å². The third-order valence-corrected chi connectivity index (χ3v) is 2.89. The van der Waals surface area contributed by atoms with E-state index in [9.17, 15) is 9.59 Å². The SMILES string of the molecule is CCN(Cc1cccc(C)c1)C(=O)C(C)C(=O)O. The number of hydrogen-bond donors (Lipinski definition) is 1. The Bertz CT molecular complexity index is 442. The maximum Gasteiger partial charge on any atom is 0.315 e. The third kappa shape index (κ3) is 3.58. The number of aryl methyl sites for hydroxylation is 1. The normalized spacial score (nSPS) is 11.9. The first-order chi connectivity index (χ1) is 8.45. The number of aliphatic carboxylic acids is 1. The predicted molar refractivity (Wildman–Crippen MR) is 69.1 cm³/mol. The zero-order valence-electron chi connectivity index (χ0n) is 11.0. The second kappa shape index (κ2) is 6.19. The minimum absolute atomic E-state index is 0.341. The van der Waals surface area contributed by atoms with Crippen LogP contribution in [-0.4, -0.2) is 28.4 Å². The Balaban J connectivity index is 2.79. The van der Waals surface area contributed by atoms with Gasteiger partial charge < -0.3 is 10.0 Å². The first-order valence-corrected chi connectivity index (χ1v) is 6.02. The van der Waals surface area contributed by atoms with Crippen LogP contribution in [0.1, 0.15) is 25.0 Å². The number of amides is 1. The molecule has 0 spiro atoms. The van der Waals surface area contributed by atoms with Gasteiger partial charge in [-0.15, -0.1) is 0 Å². The highest BCUT2D eigenvalue weighted by molar-refractivity contribution is 5.96. The van der Waals surface area contributed by atoms with Gasteiger partial charge in [-0.25, -0.2) is 0 Å². The van der Waals surface area contributed by atoms with Crippen molar-refractivity contribution in [2.75, 3.05) is 6.54 Å². The van der Waals surface area contributed by atoms with E-state index in [1.54, 1.807) is 4.90 Å². The number of benzene rings is 1. The molecule has 4 nitrogen and oxygen atoms in total. The Morgan fingerprint density at radius 3 is 2.56 bits per heavy atom. The fourth-order valence-electron chi connectivity index (χ4n) is 1.76. The largest absolute Gasteiger partial charge is 0.481 e. The molecular weight excluding hydrogens is 230 g/mol. The summed E-state index contributed by atoms with van der Waals surface area (Å²) < 4.78 is 0. The zero-order valence-corrected chi connectivity index (χ0v) is 11.0. The number of carbonyl (C=O) groups excluding carboxylic acids is 1. The molecular formula is C14H19NO3. The Morgan fingerprint density at radius 1 is 1.39 bits per heavy atom. The molecule has 0 aromatic heterocycles. The van der Waals surface area contributed by atoms with E-state index in [4.69, 9.17) is 5.11 Å². The number of rotatable bonds is 5. The average molecular weight is 249 g/mol. The highest BCUT2D eigenvalue weighted by Gasteiger charge is 2.25. The Kier molecular flexibility index (Phi) is 4.89. The Hall–Kier alpha value is -1.84. The number of hydrogen-bond acceptors (Lipinski definition) is 2. The summed E-state index contributed by atoms with van der Waals surface area (Å²) in [5.74, 6) is -2.41. The molecule has 0 heterocycles. The highest BCUT2D eigenvalue weighted by atomic mass is 16.4. The van der Waals surface area contributed by atoms with Crippen molar-refractivity contribution in [3.8, 4) is 0 Å². The van der Waals surface area contributed by atoms with E-state index in [0.29, 0.717) is 13.1 Å². The molecule has 0 radical (unpaired) electrons. The summed E-state index contributed by atoms with van der Waals surface area (Å²) in [5, 5.41) is 8.86. The van der Waals surface area contributed by atoms with Gasteiger partial charge in [0.15, 0.2) is 0 Å². The van der Waals surface area contributed by atoms with E-state index >= 15 is 0 Å². The van der Waals surface area contributed by atoms with Crippen LogP contribution >= 0.6 is 0 Å². The van der Waals surface area contributed by atoms with Gasteiger partial charge in [-0.05, 0) is 26.3 Å². The van der Waals surface area contributed by atoms with Crippen LogP contribution in [0.5, 0.6) is 0 Å². The Morgan fingerprint density at radius 2 is 2.06 bits per heavy atom. The van der Waals surface area contributed by atoms with Gasteiger partial charge in [0, 0.05) is 13.1 Å². The van der Waals surface area contributed by atoms with Gasteiger partial charge >= 0.3 is 5.97 Å². The van der Waals surface area contributed by atoms with Gasteiger partial charge in [-0.1, -0.05) is 29.8 Å². The summed E-state index contributed by atoms with van der Waals surface area (Å²) in [6, 6.07) is 7.86. The molecule has 0 aliphatic carbocycles. The van der Waals surface area contributed by atoms with E-state index in [1.165, 1.54) is 6.92 Å². The third-order valence-electron chi connectivity index (χ3n) is 2.89. The fraction of sp³-hybridized carbons (Fsp3) is 0.429. The molecule has 1 atom stereocenters. The van der Waals surface area contributed by atoms with Gasteiger partial charge in [0.1, 0.15) is 5.92 Å². The Labute approximate surface area is 107 Å². The second-order valence-corrected chi connectivity index (χ2v) is 4.40.